The number of methoxy groups -OCH3 is 3. The number of carbonyl (C=O) groups is 2. The second-order valence-electron chi connectivity index (χ2n) is 6.17. The van der Waals surface area contributed by atoms with Gasteiger partial charge in [-0.2, -0.15) is 0 Å². The van der Waals surface area contributed by atoms with E-state index in [0.717, 1.165) is 17.9 Å². The van der Waals surface area contributed by atoms with Crippen molar-refractivity contribution in [3.8, 4) is 17.2 Å². The quantitative estimate of drug-likeness (QED) is 0.507. The van der Waals surface area contributed by atoms with Crippen molar-refractivity contribution in [3.05, 3.63) is 17.7 Å². The summed E-state index contributed by atoms with van der Waals surface area (Å²) in [7, 11) is 4.95. The number of carboxylic acids is 2. The Morgan fingerprint density at radius 1 is 0.926 bits per heavy atom. The predicted octanol–water partition coefficient (Wildman–Crippen LogP) is 2.68. The van der Waals surface area contributed by atoms with Crippen LogP contribution in [0.5, 0.6) is 17.2 Å². The van der Waals surface area contributed by atoms with Crippen LogP contribution >= 0.6 is 0 Å². The standard InChI is InChI=1S/C17H27NO3.C2H2O4/c1-19-15-11-10-13(16(20-2)17(15)21-3)12-18-14-8-6-4-5-7-9-14;3-1(4)2(5)6/h10-11,14,18H,4-9,12H2,1-3H3;(H,3,4)(H,5,6). The van der Waals surface area contributed by atoms with Crippen LogP contribution in [0.3, 0.4) is 0 Å². The van der Waals surface area contributed by atoms with Crippen LogP contribution < -0.4 is 19.5 Å². The zero-order chi connectivity index (χ0) is 20.2. The Morgan fingerprint density at radius 3 is 1.93 bits per heavy atom. The van der Waals surface area contributed by atoms with E-state index in [2.05, 4.69) is 5.32 Å². The molecule has 1 saturated carbocycles. The van der Waals surface area contributed by atoms with Gasteiger partial charge in [-0.05, 0) is 18.9 Å². The summed E-state index contributed by atoms with van der Waals surface area (Å²) in [5.74, 6) is -1.52. The van der Waals surface area contributed by atoms with Crippen molar-refractivity contribution in [1.29, 1.82) is 0 Å². The first kappa shape index (κ1) is 22.6. The van der Waals surface area contributed by atoms with E-state index < -0.39 is 11.9 Å². The molecular formula is C19H29NO7. The lowest BCUT2D eigenvalue weighted by molar-refractivity contribution is -0.159. The summed E-state index contributed by atoms with van der Waals surface area (Å²) in [4.78, 5) is 18.2. The topological polar surface area (TPSA) is 114 Å². The molecule has 1 aromatic carbocycles. The van der Waals surface area contributed by atoms with Gasteiger partial charge in [0, 0.05) is 18.2 Å². The number of benzene rings is 1. The van der Waals surface area contributed by atoms with E-state index in [1.165, 1.54) is 38.5 Å². The minimum atomic E-state index is -1.82. The number of hydrogen-bond acceptors (Lipinski definition) is 6. The van der Waals surface area contributed by atoms with Gasteiger partial charge in [0.1, 0.15) is 0 Å². The Morgan fingerprint density at radius 2 is 1.48 bits per heavy atom. The van der Waals surface area contributed by atoms with Gasteiger partial charge in [0.05, 0.1) is 21.3 Å². The van der Waals surface area contributed by atoms with Crippen molar-refractivity contribution in [3.63, 3.8) is 0 Å². The van der Waals surface area contributed by atoms with Crippen LogP contribution in [0.1, 0.15) is 44.1 Å². The van der Waals surface area contributed by atoms with Crippen molar-refractivity contribution in [2.45, 2.75) is 51.1 Å². The number of carboxylic acid groups (broad SMARTS) is 2. The summed E-state index contributed by atoms with van der Waals surface area (Å²) >= 11 is 0. The molecule has 1 fully saturated rings. The summed E-state index contributed by atoms with van der Waals surface area (Å²) in [6.07, 6.45) is 7.96. The summed E-state index contributed by atoms with van der Waals surface area (Å²) in [6.45, 7) is 0.800. The van der Waals surface area contributed by atoms with Gasteiger partial charge in [0.25, 0.3) is 0 Å². The molecule has 1 aliphatic carbocycles. The zero-order valence-electron chi connectivity index (χ0n) is 16.1. The lowest BCUT2D eigenvalue weighted by Gasteiger charge is -2.19. The van der Waals surface area contributed by atoms with E-state index in [4.69, 9.17) is 34.0 Å². The van der Waals surface area contributed by atoms with E-state index in [1.54, 1.807) is 21.3 Å². The first-order valence-corrected chi connectivity index (χ1v) is 8.92. The smallest absolute Gasteiger partial charge is 0.414 e. The Kier molecular flexibility index (Phi) is 10.0. The summed E-state index contributed by atoms with van der Waals surface area (Å²) in [5, 5.41) is 18.4. The van der Waals surface area contributed by atoms with Crippen LogP contribution in [0, 0.1) is 0 Å². The molecule has 27 heavy (non-hydrogen) atoms. The molecule has 0 heterocycles. The molecule has 3 N–H and O–H groups in total. The normalized spacial score (nSPS) is 14.3. The highest BCUT2D eigenvalue weighted by Crippen LogP contribution is 2.39. The lowest BCUT2D eigenvalue weighted by Crippen LogP contribution is -2.28. The lowest BCUT2D eigenvalue weighted by atomic mass is 10.1. The fraction of sp³-hybridized carbons (Fsp3) is 0.579. The third kappa shape index (κ3) is 7.34. The maximum atomic E-state index is 9.10. The molecule has 0 saturated heterocycles. The van der Waals surface area contributed by atoms with E-state index in [9.17, 15) is 0 Å². The van der Waals surface area contributed by atoms with Crippen molar-refractivity contribution >= 4 is 11.9 Å². The third-order valence-electron chi connectivity index (χ3n) is 4.41. The highest BCUT2D eigenvalue weighted by atomic mass is 16.5. The Balaban J connectivity index is 0.000000527. The van der Waals surface area contributed by atoms with Gasteiger partial charge in [-0.3, -0.25) is 0 Å². The first-order valence-electron chi connectivity index (χ1n) is 8.92. The third-order valence-corrected chi connectivity index (χ3v) is 4.41. The predicted molar refractivity (Wildman–Crippen MR) is 99.7 cm³/mol. The van der Waals surface area contributed by atoms with Gasteiger partial charge in [-0.25, -0.2) is 9.59 Å². The highest BCUT2D eigenvalue weighted by Gasteiger charge is 2.17. The summed E-state index contributed by atoms with van der Waals surface area (Å²) in [5.41, 5.74) is 1.11. The summed E-state index contributed by atoms with van der Waals surface area (Å²) in [6, 6.07) is 4.60. The van der Waals surface area contributed by atoms with Gasteiger partial charge in [-0.15, -0.1) is 0 Å². The Labute approximate surface area is 159 Å². The van der Waals surface area contributed by atoms with Gasteiger partial charge in [0.15, 0.2) is 11.5 Å². The molecule has 2 rings (SSSR count). The minimum Gasteiger partial charge on any atom is -0.493 e. The molecule has 0 atom stereocenters. The number of rotatable bonds is 6. The van der Waals surface area contributed by atoms with E-state index in [1.807, 2.05) is 12.1 Å². The number of hydrogen-bond donors (Lipinski definition) is 3. The average molecular weight is 383 g/mol. The van der Waals surface area contributed by atoms with Crippen LogP contribution in [-0.2, 0) is 16.1 Å². The molecule has 8 nitrogen and oxygen atoms in total. The second kappa shape index (κ2) is 12.0. The number of aliphatic carboxylic acids is 2. The molecule has 0 aliphatic heterocycles. The fourth-order valence-corrected chi connectivity index (χ4v) is 3.04. The average Bonchev–Trinajstić information content (AvgIpc) is 2.94. The van der Waals surface area contributed by atoms with E-state index in [0.29, 0.717) is 17.5 Å². The largest absolute Gasteiger partial charge is 0.493 e. The molecular weight excluding hydrogens is 354 g/mol. The van der Waals surface area contributed by atoms with Crippen molar-refractivity contribution in [2.75, 3.05) is 21.3 Å². The fourth-order valence-electron chi connectivity index (χ4n) is 3.04. The maximum absolute atomic E-state index is 9.10. The molecule has 152 valence electrons. The van der Waals surface area contributed by atoms with Crippen LogP contribution in [0.2, 0.25) is 0 Å². The van der Waals surface area contributed by atoms with Gasteiger partial charge >= 0.3 is 11.9 Å². The molecule has 0 radical (unpaired) electrons. The molecule has 0 unspecified atom stereocenters. The molecule has 0 aromatic heterocycles. The molecule has 1 aromatic rings. The van der Waals surface area contributed by atoms with Crippen molar-refractivity contribution < 1.29 is 34.0 Å². The molecule has 0 amide bonds. The van der Waals surface area contributed by atoms with Crippen LogP contribution in [-0.4, -0.2) is 49.5 Å². The van der Waals surface area contributed by atoms with Crippen molar-refractivity contribution in [1.82, 2.24) is 5.32 Å². The first-order chi connectivity index (χ1) is 12.9. The monoisotopic (exact) mass is 383 g/mol. The SMILES string of the molecule is COc1ccc(CNC2CCCCCC2)c(OC)c1OC.O=C(O)C(=O)O. The van der Waals surface area contributed by atoms with Crippen molar-refractivity contribution in [2.24, 2.45) is 0 Å². The maximum Gasteiger partial charge on any atom is 0.414 e. The molecule has 0 spiro atoms. The minimum absolute atomic E-state index is 0.616. The van der Waals surface area contributed by atoms with Gasteiger partial charge in [-0.1, -0.05) is 31.7 Å². The Bertz CT molecular complexity index is 598. The van der Waals surface area contributed by atoms with Crippen LogP contribution in [0.4, 0.5) is 0 Å². The summed E-state index contributed by atoms with van der Waals surface area (Å²) < 4.78 is 16.3. The van der Waals surface area contributed by atoms with Crippen LogP contribution in [0.25, 0.3) is 0 Å². The molecule has 1 aliphatic rings. The molecule has 0 bridgehead atoms. The molecule has 8 heteroatoms. The van der Waals surface area contributed by atoms with E-state index >= 15 is 0 Å². The van der Waals surface area contributed by atoms with Crippen LogP contribution in [0.15, 0.2) is 12.1 Å². The zero-order valence-corrected chi connectivity index (χ0v) is 16.1. The Hall–Kier alpha value is -2.48. The second-order valence-corrected chi connectivity index (χ2v) is 6.17. The van der Waals surface area contributed by atoms with Gasteiger partial charge in [0.2, 0.25) is 5.75 Å². The van der Waals surface area contributed by atoms with Gasteiger partial charge < -0.3 is 29.7 Å². The number of ether oxygens (including phenoxy) is 3. The van der Waals surface area contributed by atoms with E-state index in [-0.39, 0.29) is 0 Å². The highest BCUT2D eigenvalue weighted by molar-refractivity contribution is 6.27. The number of nitrogens with one attached hydrogen (secondary N) is 1.